The third-order valence-electron chi connectivity index (χ3n) is 4.69. The van der Waals surface area contributed by atoms with Gasteiger partial charge in [-0.05, 0) is 55.6 Å². The highest BCUT2D eigenvalue weighted by molar-refractivity contribution is 9.10. The van der Waals surface area contributed by atoms with Crippen LogP contribution in [0.25, 0.3) is 10.2 Å². The number of ether oxygens (including phenoxy) is 1. The Bertz CT molecular complexity index is 938. The zero-order valence-electron chi connectivity index (χ0n) is 16.3. The first-order chi connectivity index (χ1) is 13.5. The summed E-state index contributed by atoms with van der Waals surface area (Å²) in [6.07, 6.45) is 0. The van der Waals surface area contributed by atoms with Gasteiger partial charge in [-0.2, -0.15) is 0 Å². The van der Waals surface area contributed by atoms with Crippen molar-refractivity contribution < 1.29 is 9.53 Å². The van der Waals surface area contributed by atoms with E-state index in [-0.39, 0.29) is 5.91 Å². The molecule has 28 heavy (non-hydrogen) atoms. The van der Waals surface area contributed by atoms with Crippen LogP contribution in [0.5, 0.6) is 5.75 Å². The molecule has 0 unspecified atom stereocenters. The first-order valence-corrected chi connectivity index (χ1v) is 10.9. The smallest absolute Gasteiger partial charge is 0.260 e. The number of amides is 1. The quantitative estimate of drug-likeness (QED) is 0.470. The van der Waals surface area contributed by atoms with Crippen LogP contribution in [-0.4, -0.2) is 49.1 Å². The number of carbonyl (C=O) groups is 1. The van der Waals surface area contributed by atoms with E-state index in [1.165, 1.54) is 11.3 Å². The number of methoxy groups -OCH3 is 1. The number of likely N-dealkylation sites (N-methyl/N-ethyl adjacent to an activating group) is 1. The largest absolute Gasteiger partial charge is 0.497 e. The van der Waals surface area contributed by atoms with Crippen molar-refractivity contribution in [3.8, 4) is 5.75 Å². The van der Waals surface area contributed by atoms with Crippen LogP contribution < -0.4 is 9.64 Å². The molecule has 5 nitrogen and oxygen atoms in total. The Kier molecular flexibility index (Phi) is 7.04. The molecular formula is C21H24BrN3O2S. The van der Waals surface area contributed by atoms with Crippen molar-refractivity contribution in [3.05, 3.63) is 52.5 Å². The maximum Gasteiger partial charge on any atom is 0.260 e. The molecule has 0 aliphatic heterocycles. The number of hydrogen-bond acceptors (Lipinski definition) is 5. The summed E-state index contributed by atoms with van der Waals surface area (Å²) in [5, 5.41) is 0.723. The van der Waals surface area contributed by atoms with E-state index >= 15 is 0 Å². The maximum atomic E-state index is 13.3. The van der Waals surface area contributed by atoms with Gasteiger partial charge in [-0.3, -0.25) is 9.69 Å². The number of aromatic nitrogens is 1. The molecule has 2 aromatic carbocycles. The number of anilines is 1. The molecule has 0 fully saturated rings. The third-order valence-corrected chi connectivity index (χ3v) is 6.22. The fourth-order valence-electron chi connectivity index (χ4n) is 2.96. The Balaban J connectivity index is 1.93. The minimum atomic E-state index is -0.0482. The van der Waals surface area contributed by atoms with E-state index in [4.69, 9.17) is 9.72 Å². The summed E-state index contributed by atoms with van der Waals surface area (Å²) in [5.74, 6) is 0.684. The van der Waals surface area contributed by atoms with Crippen molar-refractivity contribution in [1.82, 2.24) is 9.88 Å². The van der Waals surface area contributed by atoms with Crippen LogP contribution in [0.4, 0.5) is 5.13 Å². The molecular weight excluding hydrogens is 438 g/mol. The van der Waals surface area contributed by atoms with Crippen molar-refractivity contribution >= 4 is 48.5 Å². The fourth-order valence-corrected chi connectivity index (χ4v) is 4.50. The molecule has 0 atom stereocenters. The SMILES string of the molecule is CCN(CC)CCN(C(=O)c1ccc(OC)cc1)c1nc2ccc(Br)cc2s1. The molecule has 0 spiro atoms. The predicted octanol–water partition coefficient (Wildman–Crippen LogP) is 5.06. The number of hydrogen-bond donors (Lipinski definition) is 0. The molecule has 0 radical (unpaired) electrons. The topological polar surface area (TPSA) is 45.7 Å². The predicted molar refractivity (Wildman–Crippen MR) is 120 cm³/mol. The molecule has 0 bridgehead atoms. The van der Waals surface area contributed by atoms with E-state index in [2.05, 4.69) is 34.7 Å². The summed E-state index contributed by atoms with van der Waals surface area (Å²) < 4.78 is 7.27. The van der Waals surface area contributed by atoms with E-state index in [0.29, 0.717) is 12.1 Å². The number of fused-ring (bicyclic) bond motifs is 1. The van der Waals surface area contributed by atoms with Crippen LogP contribution in [0.2, 0.25) is 0 Å². The van der Waals surface area contributed by atoms with Gasteiger partial charge in [0.25, 0.3) is 5.91 Å². The summed E-state index contributed by atoms with van der Waals surface area (Å²) in [5.41, 5.74) is 1.53. The second-order valence-electron chi connectivity index (χ2n) is 6.32. The Labute approximate surface area is 178 Å². The molecule has 0 saturated carbocycles. The van der Waals surface area contributed by atoms with Crippen molar-refractivity contribution in [2.45, 2.75) is 13.8 Å². The van der Waals surface area contributed by atoms with Crippen LogP contribution in [0.15, 0.2) is 46.9 Å². The Hall–Kier alpha value is -1.96. The van der Waals surface area contributed by atoms with Gasteiger partial charge in [-0.15, -0.1) is 0 Å². The van der Waals surface area contributed by atoms with Gasteiger partial charge in [-0.1, -0.05) is 41.1 Å². The van der Waals surface area contributed by atoms with Crippen LogP contribution in [0, 0.1) is 0 Å². The molecule has 0 saturated heterocycles. The second-order valence-corrected chi connectivity index (χ2v) is 8.25. The summed E-state index contributed by atoms with van der Waals surface area (Å²) in [6, 6.07) is 13.2. The molecule has 1 aromatic heterocycles. The lowest BCUT2D eigenvalue weighted by Gasteiger charge is -2.24. The molecule has 0 aliphatic carbocycles. The highest BCUT2D eigenvalue weighted by Gasteiger charge is 2.22. The normalized spacial score (nSPS) is 11.2. The van der Waals surface area contributed by atoms with Crippen LogP contribution >= 0.6 is 27.3 Å². The molecule has 1 amide bonds. The molecule has 0 N–H and O–H groups in total. The highest BCUT2D eigenvalue weighted by atomic mass is 79.9. The van der Waals surface area contributed by atoms with Gasteiger partial charge in [0.05, 0.1) is 17.3 Å². The van der Waals surface area contributed by atoms with Crippen LogP contribution in [-0.2, 0) is 0 Å². The van der Waals surface area contributed by atoms with Crippen molar-refractivity contribution in [2.75, 3.05) is 38.2 Å². The van der Waals surface area contributed by atoms with Gasteiger partial charge in [0.1, 0.15) is 5.75 Å². The number of benzene rings is 2. The minimum absolute atomic E-state index is 0.0482. The zero-order valence-corrected chi connectivity index (χ0v) is 18.7. The third kappa shape index (κ3) is 4.71. The number of rotatable bonds is 8. The zero-order chi connectivity index (χ0) is 20.1. The van der Waals surface area contributed by atoms with Crippen LogP contribution in [0.1, 0.15) is 24.2 Å². The van der Waals surface area contributed by atoms with Crippen molar-refractivity contribution in [2.24, 2.45) is 0 Å². The fraction of sp³-hybridized carbons (Fsp3) is 0.333. The van der Waals surface area contributed by atoms with Crippen molar-refractivity contribution in [1.29, 1.82) is 0 Å². The van der Waals surface area contributed by atoms with E-state index < -0.39 is 0 Å². The summed E-state index contributed by atoms with van der Waals surface area (Å²) in [6.45, 7) is 7.56. The second kappa shape index (κ2) is 9.49. The molecule has 7 heteroatoms. The van der Waals surface area contributed by atoms with Gasteiger partial charge >= 0.3 is 0 Å². The van der Waals surface area contributed by atoms with E-state index in [9.17, 15) is 4.79 Å². The lowest BCUT2D eigenvalue weighted by atomic mass is 10.2. The highest BCUT2D eigenvalue weighted by Crippen LogP contribution is 2.31. The number of thiazole rings is 1. The minimum Gasteiger partial charge on any atom is -0.497 e. The Morgan fingerprint density at radius 1 is 1.11 bits per heavy atom. The standard InChI is InChI=1S/C21H24BrN3O2S/c1-4-24(5-2)12-13-25(20(26)15-6-9-17(27-3)10-7-15)21-23-18-11-8-16(22)14-19(18)28-21/h6-11,14H,4-5,12-13H2,1-3H3. The van der Waals surface area contributed by atoms with Gasteiger partial charge < -0.3 is 9.64 Å². The number of carbonyl (C=O) groups excluding carboxylic acids is 1. The molecule has 3 aromatic rings. The molecule has 148 valence electrons. The summed E-state index contributed by atoms with van der Waals surface area (Å²) in [4.78, 5) is 22.1. The first kappa shape index (κ1) is 20.8. The van der Waals surface area contributed by atoms with Gasteiger partial charge in [-0.25, -0.2) is 4.98 Å². The van der Waals surface area contributed by atoms with E-state index in [1.54, 1.807) is 24.1 Å². The van der Waals surface area contributed by atoms with Gasteiger partial charge in [0.2, 0.25) is 0 Å². The lowest BCUT2D eigenvalue weighted by Crippen LogP contribution is -2.38. The Morgan fingerprint density at radius 3 is 2.46 bits per heavy atom. The molecule has 3 rings (SSSR count). The monoisotopic (exact) mass is 461 g/mol. The molecule has 0 aliphatic rings. The van der Waals surface area contributed by atoms with E-state index in [1.807, 2.05) is 30.3 Å². The Morgan fingerprint density at radius 2 is 1.82 bits per heavy atom. The number of halogens is 1. The summed E-state index contributed by atoms with van der Waals surface area (Å²) >= 11 is 5.04. The van der Waals surface area contributed by atoms with Gasteiger partial charge in [0.15, 0.2) is 5.13 Å². The maximum absolute atomic E-state index is 13.3. The number of nitrogens with zero attached hydrogens (tertiary/aromatic N) is 3. The van der Waals surface area contributed by atoms with E-state index in [0.717, 1.165) is 45.2 Å². The van der Waals surface area contributed by atoms with Gasteiger partial charge in [0, 0.05) is 23.1 Å². The average molecular weight is 462 g/mol. The lowest BCUT2D eigenvalue weighted by molar-refractivity contribution is 0.0983. The van der Waals surface area contributed by atoms with Crippen molar-refractivity contribution in [3.63, 3.8) is 0 Å². The van der Waals surface area contributed by atoms with Crippen LogP contribution in [0.3, 0.4) is 0 Å². The average Bonchev–Trinajstić information content (AvgIpc) is 3.13. The summed E-state index contributed by atoms with van der Waals surface area (Å²) in [7, 11) is 1.62. The first-order valence-electron chi connectivity index (χ1n) is 9.30. The molecule has 1 heterocycles.